The summed E-state index contributed by atoms with van der Waals surface area (Å²) in [5.74, 6) is -0.0489. The van der Waals surface area contributed by atoms with Gasteiger partial charge in [-0.05, 0) is 30.2 Å². The first-order chi connectivity index (χ1) is 12.1. The van der Waals surface area contributed by atoms with Crippen LogP contribution in [0.2, 0.25) is 0 Å². The number of hydrogen-bond donors (Lipinski definition) is 0. The number of nitrogens with zero attached hydrogens (tertiary/aromatic N) is 2. The number of furan rings is 1. The van der Waals surface area contributed by atoms with E-state index < -0.39 is 6.04 Å². The van der Waals surface area contributed by atoms with Crippen molar-refractivity contribution in [1.82, 2.24) is 9.80 Å². The normalized spacial score (nSPS) is 16.5. The van der Waals surface area contributed by atoms with Crippen LogP contribution in [-0.4, -0.2) is 55.0 Å². The zero-order valence-electron chi connectivity index (χ0n) is 14.5. The second kappa shape index (κ2) is 7.53. The van der Waals surface area contributed by atoms with Crippen molar-refractivity contribution >= 4 is 11.9 Å². The molecule has 132 valence electrons. The van der Waals surface area contributed by atoms with E-state index in [-0.39, 0.29) is 11.9 Å². The van der Waals surface area contributed by atoms with Crippen molar-refractivity contribution in [3.8, 4) is 0 Å². The second-order valence-electron chi connectivity index (χ2n) is 6.09. The molecule has 0 unspecified atom stereocenters. The summed E-state index contributed by atoms with van der Waals surface area (Å²) >= 11 is 0. The molecule has 0 radical (unpaired) electrons. The summed E-state index contributed by atoms with van der Waals surface area (Å²) in [4.78, 5) is 28.6. The predicted octanol–water partition coefficient (Wildman–Crippen LogP) is 2.26. The Labute approximate surface area is 147 Å². The van der Waals surface area contributed by atoms with E-state index in [0.29, 0.717) is 31.9 Å². The highest BCUT2D eigenvalue weighted by molar-refractivity contribution is 5.91. The van der Waals surface area contributed by atoms with Crippen molar-refractivity contribution in [2.45, 2.75) is 13.0 Å². The average Bonchev–Trinajstić information content (AvgIpc) is 3.18. The number of hydrogen-bond acceptors (Lipinski definition) is 5. The molecule has 3 rings (SSSR count). The molecule has 25 heavy (non-hydrogen) atoms. The first-order valence-corrected chi connectivity index (χ1v) is 8.32. The van der Waals surface area contributed by atoms with Crippen LogP contribution < -0.4 is 0 Å². The molecule has 1 aliphatic heterocycles. The van der Waals surface area contributed by atoms with Gasteiger partial charge in [-0.1, -0.05) is 24.3 Å². The first-order valence-electron chi connectivity index (χ1n) is 8.32. The Hall–Kier alpha value is -2.60. The first kappa shape index (κ1) is 17.2. The molecule has 2 heterocycles. The number of ether oxygens (including phenoxy) is 1. The van der Waals surface area contributed by atoms with Gasteiger partial charge in [0.05, 0.1) is 13.4 Å². The van der Waals surface area contributed by atoms with E-state index in [9.17, 15) is 9.59 Å². The van der Waals surface area contributed by atoms with Crippen LogP contribution in [0.4, 0.5) is 0 Å². The standard InChI is InChI=1S/C19H22N2O4/c1-14-6-3-4-7-15(14)17(19(23)24-2)20-9-11-21(12-10-20)18(22)16-8-5-13-25-16/h3-8,13,17H,9-12H2,1-2H3/t17-/m1/s1. The zero-order chi connectivity index (χ0) is 17.8. The summed E-state index contributed by atoms with van der Waals surface area (Å²) in [5.41, 5.74) is 1.99. The molecule has 2 aromatic rings. The van der Waals surface area contributed by atoms with E-state index >= 15 is 0 Å². The number of rotatable bonds is 4. The Kier molecular flexibility index (Phi) is 5.19. The quantitative estimate of drug-likeness (QED) is 0.798. The topological polar surface area (TPSA) is 63.0 Å². The number of piperazine rings is 1. The molecule has 0 bridgehead atoms. The van der Waals surface area contributed by atoms with Gasteiger partial charge in [0.25, 0.3) is 5.91 Å². The number of carbonyl (C=O) groups is 2. The van der Waals surface area contributed by atoms with Gasteiger partial charge < -0.3 is 14.1 Å². The van der Waals surface area contributed by atoms with Crippen molar-refractivity contribution in [3.63, 3.8) is 0 Å². The Morgan fingerprint density at radius 2 is 1.80 bits per heavy atom. The molecular formula is C19H22N2O4. The molecular weight excluding hydrogens is 320 g/mol. The van der Waals surface area contributed by atoms with E-state index in [4.69, 9.17) is 9.15 Å². The fourth-order valence-corrected chi connectivity index (χ4v) is 3.22. The monoisotopic (exact) mass is 342 g/mol. The number of esters is 1. The molecule has 1 aromatic carbocycles. The smallest absolute Gasteiger partial charge is 0.327 e. The number of carbonyl (C=O) groups excluding carboxylic acids is 2. The lowest BCUT2D eigenvalue weighted by Crippen LogP contribution is -2.51. The van der Waals surface area contributed by atoms with Gasteiger partial charge in [-0.3, -0.25) is 9.69 Å². The summed E-state index contributed by atoms with van der Waals surface area (Å²) in [6.45, 7) is 4.26. The molecule has 1 atom stereocenters. The van der Waals surface area contributed by atoms with Gasteiger partial charge >= 0.3 is 5.97 Å². The Morgan fingerprint density at radius 3 is 2.40 bits per heavy atom. The number of amides is 1. The Morgan fingerprint density at radius 1 is 1.08 bits per heavy atom. The van der Waals surface area contributed by atoms with Crippen molar-refractivity contribution < 1.29 is 18.7 Å². The number of benzene rings is 1. The zero-order valence-corrected chi connectivity index (χ0v) is 14.5. The van der Waals surface area contributed by atoms with Gasteiger partial charge in [0.1, 0.15) is 6.04 Å². The van der Waals surface area contributed by atoms with Gasteiger partial charge in [0.15, 0.2) is 5.76 Å². The third-order valence-corrected chi connectivity index (χ3v) is 4.61. The van der Waals surface area contributed by atoms with Crippen LogP contribution in [0.5, 0.6) is 0 Å². The molecule has 1 saturated heterocycles. The van der Waals surface area contributed by atoms with Gasteiger partial charge in [0.2, 0.25) is 0 Å². The molecule has 1 aromatic heterocycles. The van der Waals surface area contributed by atoms with E-state index in [2.05, 4.69) is 4.90 Å². The molecule has 0 aliphatic carbocycles. The van der Waals surface area contributed by atoms with Gasteiger partial charge in [-0.15, -0.1) is 0 Å². The number of methoxy groups -OCH3 is 1. The lowest BCUT2D eigenvalue weighted by Gasteiger charge is -2.38. The average molecular weight is 342 g/mol. The third kappa shape index (κ3) is 3.58. The fraction of sp³-hybridized carbons (Fsp3) is 0.368. The molecule has 0 saturated carbocycles. The maximum Gasteiger partial charge on any atom is 0.327 e. The van der Waals surface area contributed by atoms with Gasteiger partial charge in [0, 0.05) is 26.2 Å². The van der Waals surface area contributed by atoms with Crippen molar-refractivity contribution in [3.05, 3.63) is 59.5 Å². The van der Waals surface area contributed by atoms with Crippen LogP contribution in [0.1, 0.15) is 27.7 Å². The molecule has 0 N–H and O–H groups in total. The van der Waals surface area contributed by atoms with Crippen LogP contribution >= 0.6 is 0 Å². The minimum atomic E-state index is -0.452. The molecule has 6 nitrogen and oxygen atoms in total. The van der Waals surface area contributed by atoms with E-state index in [0.717, 1.165) is 11.1 Å². The molecule has 0 spiro atoms. The van der Waals surface area contributed by atoms with E-state index in [1.54, 1.807) is 17.0 Å². The van der Waals surface area contributed by atoms with Crippen molar-refractivity contribution in [2.75, 3.05) is 33.3 Å². The summed E-state index contributed by atoms with van der Waals surface area (Å²) in [6, 6.07) is 10.7. The largest absolute Gasteiger partial charge is 0.468 e. The van der Waals surface area contributed by atoms with Crippen LogP contribution in [0.25, 0.3) is 0 Å². The van der Waals surface area contributed by atoms with Crippen LogP contribution in [0.15, 0.2) is 47.1 Å². The molecule has 1 amide bonds. The summed E-state index contributed by atoms with van der Waals surface area (Å²) in [5, 5.41) is 0. The van der Waals surface area contributed by atoms with Crippen LogP contribution in [0.3, 0.4) is 0 Å². The maximum atomic E-state index is 12.4. The second-order valence-corrected chi connectivity index (χ2v) is 6.09. The summed E-state index contributed by atoms with van der Waals surface area (Å²) in [7, 11) is 1.41. The molecule has 1 aliphatic rings. The van der Waals surface area contributed by atoms with Crippen molar-refractivity contribution in [2.24, 2.45) is 0 Å². The van der Waals surface area contributed by atoms with Crippen LogP contribution in [0, 0.1) is 6.92 Å². The van der Waals surface area contributed by atoms with Crippen LogP contribution in [-0.2, 0) is 9.53 Å². The Balaban J connectivity index is 1.73. The molecule has 1 fully saturated rings. The lowest BCUT2D eigenvalue weighted by atomic mass is 9.99. The highest BCUT2D eigenvalue weighted by atomic mass is 16.5. The summed E-state index contributed by atoms with van der Waals surface area (Å²) in [6.07, 6.45) is 1.49. The minimum Gasteiger partial charge on any atom is -0.468 e. The summed E-state index contributed by atoms with van der Waals surface area (Å²) < 4.78 is 10.2. The van der Waals surface area contributed by atoms with Crippen molar-refractivity contribution in [1.29, 1.82) is 0 Å². The van der Waals surface area contributed by atoms with Gasteiger partial charge in [-0.2, -0.15) is 0 Å². The fourth-order valence-electron chi connectivity index (χ4n) is 3.22. The van der Waals surface area contributed by atoms with Gasteiger partial charge in [-0.25, -0.2) is 4.79 Å². The number of aryl methyl sites for hydroxylation is 1. The van der Waals surface area contributed by atoms with E-state index in [1.165, 1.54) is 13.4 Å². The van der Waals surface area contributed by atoms with E-state index in [1.807, 2.05) is 31.2 Å². The lowest BCUT2D eigenvalue weighted by molar-refractivity contribution is -0.148. The highest BCUT2D eigenvalue weighted by Gasteiger charge is 2.33. The predicted molar refractivity (Wildman–Crippen MR) is 92.1 cm³/mol. The molecule has 6 heteroatoms. The maximum absolute atomic E-state index is 12.4. The Bertz CT molecular complexity index is 734. The highest BCUT2D eigenvalue weighted by Crippen LogP contribution is 2.26. The SMILES string of the molecule is COC(=O)[C@@H](c1ccccc1C)N1CCN(C(=O)c2ccco2)CC1. The third-order valence-electron chi connectivity index (χ3n) is 4.61. The minimum absolute atomic E-state index is 0.116.